The van der Waals surface area contributed by atoms with E-state index in [-0.39, 0.29) is 7.92 Å². The highest BCUT2D eigenvalue weighted by molar-refractivity contribution is 7.66. The quantitative estimate of drug-likeness (QED) is 0.128. The molecule has 228 valence electrons. The summed E-state index contributed by atoms with van der Waals surface area (Å²) in [5.41, 5.74) is 8.96. The Morgan fingerprint density at radius 3 is 1.38 bits per heavy atom. The van der Waals surface area contributed by atoms with Gasteiger partial charge < -0.3 is 0 Å². The van der Waals surface area contributed by atoms with Gasteiger partial charge >= 0.3 is 0 Å². The maximum absolute atomic E-state index is 2.47. The second-order valence-electron chi connectivity index (χ2n) is 13.3. The zero-order chi connectivity index (χ0) is 32.1. The Kier molecular flexibility index (Phi) is 7.63. The number of rotatable bonds is 6. The van der Waals surface area contributed by atoms with E-state index in [0.29, 0.717) is 11.3 Å². The third kappa shape index (κ3) is 5.32. The van der Waals surface area contributed by atoms with E-state index in [1.54, 1.807) is 0 Å². The van der Waals surface area contributed by atoms with Gasteiger partial charge in [0, 0.05) is 0 Å². The summed E-state index contributed by atoms with van der Waals surface area (Å²) >= 11 is 0. The lowest BCUT2D eigenvalue weighted by Crippen LogP contribution is -2.15. The van der Waals surface area contributed by atoms with Gasteiger partial charge in [0.25, 0.3) is 0 Å². The van der Waals surface area contributed by atoms with Crippen LogP contribution in [0, 0.1) is 0 Å². The molecule has 8 rings (SSSR count). The van der Waals surface area contributed by atoms with E-state index in [9.17, 15) is 0 Å². The van der Waals surface area contributed by atoms with Gasteiger partial charge in [0.05, 0.1) is 0 Å². The molecule has 0 bridgehead atoms. The summed E-state index contributed by atoms with van der Waals surface area (Å²) in [7, 11) is -0.248. The molecule has 0 nitrogen and oxygen atoms in total. The third-order valence-electron chi connectivity index (χ3n) is 9.69. The molecule has 0 saturated heterocycles. The highest BCUT2D eigenvalue weighted by Crippen LogP contribution is 2.47. The standard InChI is InChI=1S/C46H39P/c1-30(2)47(31(3)4)40-17-11-16-36(28-40)37-24-25-43-44(29-37)46(39-23-21-33-13-6-8-15-35(33)27-39)42-19-10-9-18-41(42)45(43)38-22-20-32-12-5-7-14-34(32)26-38/h5-31H,1-4H3. The minimum Gasteiger partial charge on any atom is -0.0700 e. The topological polar surface area (TPSA) is 0 Å². The highest BCUT2D eigenvalue weighted by Gasteiger charge is 2.21. The van der Waals surface area contributed by atoms with Crippen molar-refractivity contribution in [2.24, 2.45) is 0 Å². The van der Waals surface area contributed by atoms with Crippen molar-refractivity contribution in [1.82, 2.24) is 0 Å². The van der Waals surface area contributed by atoms with Gasteiger partial charge in [-0.25, -0.2) is 0 Å². The second kappa shape index (κ2) is 12.1. The number of hydrogen-bond acceptors (Lipinski definition) is 0. The minimum absolute atomic E-state index is 0.248. The largest absolute Gasteiger partial charge is 0.0700 e. The summed E-state index contributed by atoms with van der Waals surface area (Å²) in [6.07, 6.45) is 0. The molecule has 0 aromatic heterocycles. The highest BCUT2D eigenvalue weighted by atomic mass is 31.1. The molecule has 0 aliphatic rings. The fourth-order valence-corrected chi connectivity index (χ4v) is 10.6. The van der Waals surface area contributed by atoms with E-state index in [2.05, 4.69) is 179 Å². The monoisotopic (exact) mass is 622 g/mol. The molecule has 0 amide bonds. The zero-order valence-corrected chi connectivity index (χ0v) is 28.4. The molecule has 0 radical (unpaired) electrons. The van der Waals surface area contributed by atoms with Gasteiger partial charge in [0.15, 0.2) is 0 Å². The Hall–Kier alpha value is -4.77. The van der Waals surface area contributed by atoms with Crippen molar-refractivity contribution in [3.05, 3.63) is 152 Å². The summed E-state index contributed by atoms with van der Waals surface area (Å²) in [5.74, 6) is 0. The first-order valence-corrected chi connectivity index (χ1v) is 18.3. The molecule has 1 heteroatoms. The van der Waals surface area contributed by atoms with Crippen molar-refractivity contribution in [3.63, 3.8) is 0 Å². The number of hydrogen-bond donors (Lipinski definition) is 0. The number of benzene rings is 8. The van der Waals surface area contributed by atoms with Crippen molar-refractivity contribution in [1.29, 1.82) is 0 Å². The summed E-state index contributed by atoms with van der Waals surface area (Å²) in [6, 6.07) is 56.8. The molecule has 8 aromatic carbocycles. The molecule has 0 fully saturated rings. The van der Waals surface area contributed by atoms with Crippen molar-refractivity contribution < 1.29 is 0 Å². The van der Waals surface area contributed by atoms with Gasteiger partial charge in [-0.2, -0.15) is 0 Å². The number of fused-ring (bicyclic) bond motifs is 4. The molecule has 0 N–H and O–H groups in total. The van der Waals surface area contributed by atoms with Crippen LogP contribution in [0.25, 0.3) is 76.5 Å². The van der Waals surface area contributed by atoms with Crippen molar-refractivity contribution in [3.8, 4) is 33.4 Å². The normalized spacial score (nSPS) is 12.0. The van der Waals surface area contributed by atoms with E-state index in [4.69, 9.17) is 0 Å². The molecule has 0 heterocycles. The first kappa shape index (κ1) is 29.6. The SMILES string of the molecule is CC(C)P(c1cccc(-c2ccc3c(-c4ccc5ccccc5c4)c4ccccc4c(-c4ccc5ccccc5c4)c3c2)c1)C(C)C. The van der Waals surface area contributed by atoms with E-state index in [0.717, 1.165) is 0 Å². The Balaban J connectivity index is 1.44. The minimum atomic E-state index is -0.248. The Morgan fingerprint density at radius 2 is 0.809 bits per heavy atom. The van der Waals surface area contributed by atoms with Gasteiger partial charge in [0.2, 0.25) is 0 Å². The van der Waals surface area contributed by atoms with Crippen LogP contribution in [0.15, 0.2) is 152 Å². The molecule has 0 saturated carbocycles. The Morgan fingerprint density at radius 1 is 0.340 bits per heavy atom. The summed E-state index contributed by atoms with van der Waals surface area (Å²) in [5, 5.41) is 11.7. The second-order valence-corrected chi connectivity index (χ2v) is 16.7. The van der Waals surface area contributed by atoms with Crippen LogP contribution < -0.4 is 5.30 Å². The van der Waals surface area contributed by atoms with Gasteiger partial charge in [-0.15, -0.1) is 0 Å². The maximum atomic E-state index is 2.47. The van der Waals surface area contributed by atoms with Gasteiger partial charge in [-0.3, -0.25) is 0 Å². The molecular formula is C46H39P. The molecule has 0 aliphatic heterocycles. The van der Waals surface area contributed by atoms with E-state index >= 15 is 0 Å². The average molecular weight is 623 g/mol. The van der Waals surface area contributed by atoms with E-state index in [1.807, 2.05) is 0 Å². The van der Waals surface area contributed by atoms with Crippen LogP contribution in [-0.2, 0) is 0 Å². The van der Waals surface area contributed by atoms with Gasteiger partial charge in [-0.1, -0.05) is 163 Å². The molecule has 0 atom stereocenters. The maximum Gasteiger partial charge on any atom is -0.00259 e. The molecule has 47 heavy (non-hydrogen) atoms. The van der Waals surface area contributed by atoms with Crippen molar-refractivity contribution in [2.75, 3.05) is 0 Å². The van der Waals surface area contributed by atoms with Crippen LogP contribution in [-0.4, -0.2) is 11.3 Å². The van der Waals surface area contributed by atoms with Crippen LogP contribution in [0.1, 0.15) is 27.7 Å². The zero-order valence-electron chi connectivity index (χ0n) is 27.5. The summed E-state index contributed by atoms with van der Waals surface area (Å²) < 4.78 is 0. The lowest BCUT2D eigenvalue weighted by molar-refractivity contribution is 1.02. The third-order valence-corrected chi connectivity index (χ3v) is 12.8. The van der Waals surface area contributed by atoms with Crippen LogP contribution in [0.3, 0.4) is 0 Å². The predicted molar refractivity (Wildman–Crippen MR) is 210 cm³/mol. The van der Waals surface area contributed by atoms with Crippen LogP contribution in [0.5, 0.6) is 0 Å². The fourth-order valence-electron chi connectivity index (χ4n) is 7.71. The summed E-state index contributed by atoms with van der Waals surface area (Å²) in [6.45, 7) is 9.51. The van der Waals surface area contributed by atoms with Crippen molar-refractivity contribution in [2.45, 2.75) is 39.0 Å². The van der Waals surface area contributed by atoms with Gasteiger partial charge in [0.1, 0.15) is 0 Å². The Bertz CT molecular complexity index is 2420. The lowest BCUT2D eigenvalue weighted by atomic mass is 9.84. The smallest absolute Gasteiger partial charge is 0.00259 e. The lowest BCUT2D eigenvalue weighted by Gasteiger charge is -2.26. The first-order chi connectivity index (χ1) is 23.0. The Labute approximate surface area is 279 Å². The first-order valence-electron chi connectivity index (χ1n) is 16.8. The average Bonchev–Trinajstić information content (AvgIpc) is 3.09. The molecule has 0 aliphatic carbocycles. The van der Waals surface area contributed by atoms with E-state index in [1.165, 1.54) is 81.8 Å². The van der Waals surface area contributed by atoms with E-state index < -0.39 is 0 Å². The fraction of sp³-hybridized carbons (Fsp3) is 0.130. The summed E-state index contributed by atoms with van der Waals surface area (Å²) in [4.78, 5) is 0. The molecule has 8 aromatic rings. The molecule has 0 spiro atoms. The van der Waals surface area contributed by atoms with Crippen LogP contribution >= 0.6 is 7.92 Å². The molecular weight excluding hydrogens is 583 g/mol. The van der Waals surface area contributed by atoms with Gasteiger partial charge in [-0.05, 0) is 117 Å². The van der Waals surface area contributed by atoms with Crippen LogP contribution in [0.2, 0.25) is 0 Å². The predicted octanol–water partition coefficient (Wildman–Crippen LogP) is 13.2. The van der Waals surface area contributed by atoms with Crippen LogP contribution in [0.4, 0.5) is 0 Å². The molecule has 0 unspecified atom stereocenters. The van der Waals surface area contributed by atoms with Crippen molar-refractivity contribution >= 4 is 56.3 Å².